The van der Waals surface area contributed by atoms with E-state index in [1.807, 2.05) is 0 Å². The van der Waals surface area contributed by atoms with Crippen LogP contribution in [-0.4, -0.2) is 28.3 Å². The Hall–Kier alpha value is -0.870. The highest BCUT2D eigenvalue weighted by Gasteiger charge is 2.61. The molecule has 4 heteroatoms. The molecule has 4 nitrogen and oxygen atoms in total. The smallest absolute Gasteiger partial charge is 0.224 e. The van der Waals surface area contributed by atoms with Crippen molar-refractivity contribution < 1.29 is 15.0 Å². The molecule has 22 heavy (non-hydrogen) atoms. The Kier molecular flexibility index (Phi) is 3.06. The van der Waals surface area contributed by atoms with Gasteiger partial charge in [0.05, 0.1) is 12.2 Å². The lowest BCUT2D eigenvalue weighted by molar-refractivity contribution is -0.141. The molecule has 0 spiro atoms. The molecule has 2 saturated carbocycles. The number of fused-ring (bicyclic) bond motifs is 5. The van der Waals surface area contributed by atoms with E-state index in [9.17, 15) is 15.0 Å². The van der Waals surface area contributed by atoms with Crippen LogP contribution in [0.3, 0.4) is 0 Å². The fourth-order valence-corrected chi connectivity index (χ4v) is 6.30. The highest BCUT2D eigenvalue weighted by Crippen LogP contribution is 2.63. The van der Waals surface area contributed by atoms with Crippen LogP contribution in [0.1, 0.15) is 52.4 Å². The van der Waals surface area contributed by atoms with Gasteiger partial charge in [-0.3, -0.25) is 4.79 Å². The molecule has 0 aromatic rings. The SMILES string of the molecule is CC12CCC(=O)NC1=CCC1C2C(O)CC2(C)C(O)CCC12. The molecule has 0 aromatic heterocycles. The largest absolute Gasteiger partial charge is 0.393 e. The molecule has 0 radical (unpaired) electrons. The number of carbonyl (C=O) groups is 1. The number of carbonyl (C=O) groups excluding carboxylic acids is 1. The van der Waals surface area contributed by atoms with Crippen molar-refractivity contribution in [3.8, 4) is 0 Å². The molecule has 3 fully saturated rings. The third-order valence-electron chi connectivity index (χ3n) is 7.49. The summed E-state index contributed by atoms with van der Waals surface area (Å²) in [7, 11) is 0. The van der Waals surface area contributed by atoms with Gasteiger partial charge in [-0.15, -0.1) is 0 Å². The minimum Gasteiger partial charge on any atom is -0.393 e. The Labute approximate surface area is 132 Å². The summed E-state index contributed by atoms with van der Waals surface area (Å²) in [5.41, 5.74) is 0.775. The van der Waals surface area contributed by atoms with E-state index >= 15 is 0 Å². The van der Waals surface area contributed by atoms with Crippen molar-refractivity contribution in [2.24, 2.45) is 28.6 Å². The van der Waals surface area contributed by atoms with Crippen LogP contribution in [-0.2, 0) is 4.79 Å². The summed E-state index contributed by atoms with van der Waals surface area (Å²) in [6.45, 7) is 4.38. The van der Waals surface area contributed by atoms with E-state index < -0.39 is 0 Å². The van der Waals surface area contributed by atoms with Crippen LogP contribution >= 0.6 is 0 Å². The quantitative estimate of drug-likeness (QED) is 0.641. The molecule has 7 atom stereocenters. The van der Waals surface area contributed by atoms with Crippen LogP contribution < -0.4 is 5.32 Å². The van der Waals surface area contributed by atoms with Gasteiger partial charge in [0, 0.05) is 17.5 Å². The molecule has 0 bridgehead atoms. The normalized spacial score (nSPS) is 53.9. The number of piperidine rings is 1. The second-order valence-corrected chi connectivity index (χ2v) is 8.49. The van der Waals surface area contributed by atoms with Crippen molar-refractivity contribution in [2.75, 3.05) is 0 Å². The van der Waals surface area contributed by atoms with E-state index in [2.05, 4.69) is 25.2 Å². The summed E-state index contributed by atoms with van der Waals surface area (Å²) in [5.74, 6) is 1.22. The number of allylic oxidation sites excluding steroid dienone is 2. The summed E-state index contributed by atoms with van der Waals surface area (Å²) < 4.78 is 0. The zero-order chi connectivity index (χ0) is 15.7. The van der Waals surface area contributed by atoms with Gasteiger partial charge in [0.2, 0.25) is 5.91 Å². The van der Waals surface area contributed by atoms with Gasteiger partial charge in [-0.25, -0.2) is 0 Å². The van der Waals surface area contributed by atoms with Gasteiger partial charge >= 0.3 is 0 Å². The van der Waals surface area contributed by atoms with Gasteiger partial charge < -0.3 is 15.5 Å². The monoisotopic (exact) mass is 305 g/mol. The number of hydrogen-bond acceptors (Lipinski definition) is 3. The minimum absolute atomic E-state index is 0.105. The van der Waals surface area contributed by atoms with Crippen molar-refractivity contribution in [3.05, 3.63) is 11.8 Å². The number of hydrogen-bond donors (Lipinski definition) is 3. The average molecular weight is 305 g/mol. The highest BCUT2D eigenvalue weighted by molar-refractivity contribution is 5.79. The average Bonchev–Trinajstić information content (AvgIpc) is 2.75. The Bertz CT molecular complexity index is 544. The third-order valence-corrected chi connectivity index (χ3v) is 7.49. The molecule has 1 heterocycles. The first-order valence-corrected chi connectivity index (χ1v) is 8.73. The number of rotatable bonds is 0. The number of nitrogens with one attached hydrogen (secondary N) is 1. The molecular formula is C18H27NO3. The first-order valence-electron chi connectivity index (χ1n) is 8.73. The summed E-state index contributed by atoms with van der Waals surface area (Å²) >= 11 is 0. The standard InChI is InChI=1S/C18H27NO3/c1-17-8-7-15(22)19-13(17)5-3-10-11-4-6-14(21)18(11,2)9-12(20)16(10)17/h5,10-12,14,16,20-21H,3-4,6-9H2,1-2H3,(H,19,22). The molecule has 3 aliphatic carbocycles. The van der Waals surface area contributed by atoms with E-state index in [0.29, 0.717) is 24.7 Å². The second-order valence-electron chi connectivity index (χ2n) is 8.49. The maximum atomic E-state index is 11.7. The number of aliphatic hydroxyl groups is 2. The summed E-state index contributed by atoms with van der Waals surface area (Å²) in [4.78, 5) is 11.7. The first kappa shape index (κ1) is 14.7. The van der Waals surface area contributed by atoms with Crippen molar-refractivity contribution in [2.45, 2.75) is 64.6 Å². The van der Waals surface area contributed by atoms with Crippen molar-refractivity contribution in [1.29, 1.82) is 0 Å². The van der Waals surface area contributed by atoms with Gasteiger partial charge in [0.1, 0.15) is 0 Å². The molecule has 7 unspecified atom stereocenters. The van der Waals surface area contributed by atoms with Crippen LogP contribution in [0.25, 0.3) is 0 Å². The topological polar surface area (TPSA) is 69.6 Å². The fraction of sp³-hybridized carbons (Fsp3) is 0.833. The molecule has 1 saturated heterocycles. The molecular weight excluding hydrogens is 278 g/mol. The minimum atomic E-state index is -0.386. The van der Waals surface area contributed by atoms with E-state index in [1.54, 1.807) is 0 Å². The Morgan fingerprint density at radius 3 is 2.82 bits per heavy atom. The van der Waals surface area contributed by atoms with Crippen molar-refractivity contribution >= 4 is 5.91 Å². The Balaban J connectivity index is 1.74. The second kappa shape index (κ2) is 4.57. The van der Waals surface area contributed by atoms with Crippen LogP contribution in [0.4, 0.5) is 0 Å². The first-order chi connectivity index (χ1) is 10.4. The Morgan fingerprint density at radius 1 is 1.27 bits per heavy atom. The van der Waals surface area contributed by atoms with Gasteiger partial charge in [-0.05, 0) is 55.3 Å². The van der Waals surface area contributed by atoms with E-state index in [-0.39, 0.29) is 34.9 Å². The molecule has 4 rings (SSSR count). The van der Waals surface area contributed by atoms with E-state index in [1.165, 1.54) is 0 Å². The van der Waals surface area contributed by atoms with Crippen molar-refractivity contribution in [1.82, 2.24) is 5.32 Å². The van der Waals surface area contributed by atoms with Gasteiger partial charge in [0.25, 0.3) is 0 Å². The summed E-state index contributed by atoms with van der Waals surface area (Å²) in [5, 5.41) is 24.4. The van der Waals surface area contributed by atoms with Crippen LogP contribution in [0.5, 0.6) is 0 Å². The lowest BCUT2D eigenvalue weighted by Gasteiger charge is -2.58. The maximum Gasteiger partial charge on any atom is 0.224 e. The lowest BCUT2D eigenvalue weighted by atomic mass is 9.49. The van der Waals surface area contributed by atoms with Gasteiger partial charge in [0.15, 0.2) is 0 Å². The van der Waals surface area contributed by atoms with Crippen molar-refractivity contribution in [3.63, 3.8) is 0 Å². The third kappa shape index (κ3) is 1.74. The zero-order valence-corrected chi connectivity index (χ0v) is 13.5. The molecule has 1 aliphatic heterocycles. The van der Waals surface area contributed by atoms with Gasteiger partial charge in [-0.1, -0.05) is 19.9 Å². The fourth-order valence-electron chi connectivity index (χ4n) is 6.30. The maximum absolute atomic E-state index is 11.7. The molecule has 4 aliphatic rings. The summed E-state index contributed by atoms with van der Waals surface area (Å²) in [6.07, 6.45) is 6.44. The molecule has 3 N–H and O–H groups in total. The predicted molar refractivity (Wildman–Crippen MR) is 82.6 cm³/mol. The lowest BCUT2D eigenvalue weighted by Crippen LogP contribution is -2.58. The molecule has 1 amide bonds. The van der Waals surface area contributed by atoms with Gasteiger partial charge in [-0.2, -0.15) is 0 Å². The Morgan fingerprint density at radius 2 is 2.05 bits per heavy atom. The number of aliphatic hydroxyl groups excluding tert-OH is 2. The number of amides is 1. The van der Waals surface area contributed by atoms with E-state index in [4.69, 9.17) is 0 Å². The summed E-state index contributed by atoms with van der Waals surface area (Å²) in [6, 6.07) is 0. The molecule has 122 valence electrons. The van der Waals surface area contributed by atoms with Crippen LogP contribution in [0, 0.1) is 28.6 Å². The highest BCUT2D eigenvalue weighted by atomic mass is 16.3. The van der Waals surface area contributed by atoms with Crippen LogP contribution in [0.15, 0.2) is 11.8 Å². The zero-order valence-electron chi connectivity index (χ0n) is 13.5. The predicted octanol–water partition coefficient (Wildman–Crippen LogP) is 1.96. The van der Waals surface area contributed by atoms with Crippen LogP contribution in [0.2, 0.25) is 0 Å². The molecule has 0 aromatic carbocycles. The van der Waals surface area contributed by atoms with E-state index in [0.717, 1.165) is 31.4 Å².